The molecule has 20 heavy (non-hydrogen) atoms. The van der Waals surface area contributed by atoms with E-state index in [1.807, 2.05) is 49.5 Å². The van der Waals surface area contributed by atoms with Crippen molar-refractivity contribution in [1.82, 2.24) is 10.3 Å². The molecule has 0 aliphatic rings. The molecule has 0 saturated heterocycles. The molecule has 0 aliphatic heterocycles. The molecule has 3 heteroatoms. The number of benzene rings is 1. The summed E-state index contributed by atoms with van der Waals surface area (Å²) in [7, 11) is 0. The molecule has 1 aromatic heterocycles. The maximum atomic E-state index is 5.78. The standard InChI is InChI=1S/C17H22N2O/c1-13-7-5-6-8-15(13)20-16-10-9-14(11-18-16)12-19-17(2,3)4/h5-11,19H,12H2,1-4H3. The monoisotopic (exact) mass is 270 g/mol. The molecule has 0 amide bonds. The fraction of sp³-hybridized carbons (Fsp3) is 0.353. The SMILES string of the molecule is Cc1ccccc1Oc1ccc(CNC(C)(C)C)cn1. The van der Waals surface area contributed by atoms with Gasteiger partial charge in [-0.25, -0.2) is 4.98 Å². The number of hydrogen-bond donors (Lipinski definition) is 1. The van der Waals surface area contributed by atoms with Crippen LogP contribution in [0, 0.1) is 6.92 Å². The fourth-order valence-corrected chi connectivity index (χ4v) is 1.73. The zero-order valence-corrected chi connectivity index (χ0v) is 12.6. The molecule has 0 atom stereocenters. The van der Waals surface area contributed by atoms with E-state index in [2.05, 4.69) is 31.1 Å². The second-order valence-corrected chi connectivity index (χ2v) is 5.98. The van der Waals surface area contributed by atoms with Crippen LogP contribution >= 0.6 is 0 Å². The summed E-state index contributed by atoms with van der Waals surface area (Å²) in [5.41, 5.74) is 2.36. The Hall–Kier alpha value is -1.87. The number of pyridine rings is 1. The summed E-state index contributed by atoms with van der Waals surface area (Å²) in [6.45, 7) is 9.28. The van der Waals surface area contributed by atoms with E-state index >= 15 is 0 Å². The number of nitrogens with zero attached hydrogens (tertiary/aromatic N) is 1. The number of aromatic nitrogens is 1. The lowest BCUT2D eigenvalue weighted by Crippen LogP contribution is -2.35. The molecular formula is C17H22N2O. The first kappa shape index (κ1) is 14.5. The third kappa shape index (κ3) is 4.35. The summed E-state index contributed by atoms with van der Waals surface area (Å²) in [6, 6.07) is 11.9. The number of nitrogens with one attached hydrogen (secondary N) is 1. The second-order valence-electron chi connectivity index (χ2n) is 5.98. The lowest BCUT2D eigenvalue weighted by molar-refractivity contribution is 0.423. The molecule has 0 unspecified atom stereocenters. The van der Waals surface area contributed by atoms with E-state index < -0.39 is 0 Å². The minimum Gasteiger partial charge on any atom is -0.439 e. The van der Waals surface area contributed by atoms with Crippen molar-refractivity contribution in [1.29, 1.82) is 0 Å². The first-order valence-electron chi connectivity index (χ1n) is 6.87. The summed E-state index contributed by atoms with van der Waals surface area (Å²) in [5.74, 6) is 1.47. The van der Waals surface area contributed by atoms with Crippen molar-refractivity contribution >= 4 is 0 Å². The van der Waals surface area contributed by atoms with Crippen molar-refractivity contribution < 1.29 is 4.74 Å². The van der Waals surface area contributed by atoms with Gasteiger partial charge in [0.25, 0.3) is 0 Å². The Balaban J connectivity index is 2.00. The Kier molecular flexibility index (Phi) is 4.40. The van der Waals surface area contributed by atoms with Crippen LogP contribution in [0.4, 0.5) is 0 Å². The summed E-state index contributed by atoms with van der Waals surface area (Å²) in [6.07, 6.45) is 1.85. The number of para-hydroxylation sites is 1. The van der Waals surface area contributed by atoms with Crippen molar-refractivity contribution in [3.63, 3.8) is 0 Å². The number of hydrogen-bond acceptors (Lipinski definition) is 3. The van der Waals surface area contributed by atoms with Gasteiger partial charge in [0.05, 0.1) is 0 Å². The normalized spacial score (nSPS) is 11.4. The zero-order valence-electron chi connectivity index (χ0n) is 12.6. The van der Waals surface area contributed by atoms with Crippen LogP contribution in [0.3, 0.4) is 0 Å². The summed E-state index contributed by atoms with van der Waals surface area (Å²) in [4.78, 5) is 4.35. The molecule has 0 bridgehead atoms. The van der Waals surface area contributed by atoms with Crippen LogP contribution in [0.25, 0.3) is 0 Å². The highest BCUT2D eigenvalue weighted by atomic mass is 16.5. The highest BCUT2D eigenvalue weighted by molar-refractivity contribution is 5.35. The topological polar surface area (TPSA) is 34.1 Å². The molecule has 2 rings (SSSR count). The fourth-order valence-electron chi connectivity index (χ4n) is 1.73. The summed E-state index contributed by atoms with van der Waals surface area (Å²) in [5, 5.41) is 3.44. The van der Waals surface area contributed by atoms with Crippen molar-refractivity contribution in [2.45, 2.75) is 39.8 Å². The maximum absolute atomic E-state index is 5.78. The van der Waals surface area contributed by atoms with Crippen LogP contribution in [0.1, 0.15) is 31.9 Å². The van der Waals surface area contributed by atoms with Gasteiger partial charge in [-0.2, -0.15) is 0 Å². The van der Waals surface area contributed by atoms with E-state index in [-0.39, 0.29) is 5.54 Å². The molecule has 2 aromatic rings. The van der Waals surface area contributed by atoms with Gasteiger partial charge in [0.15, 0.2) is 0 Å². The van der Waals surface area contributed by atoms with Gasteiger partial charge >= 0.3 is 0 Å². The minimum absolute atomic E-state index is 0.107. The molecule has 0 fully saturated rings. The Bertz CT molecular complexity index is 556. The van der Waals surface area contributed by atoms with Gasteiger partial charge in [-0.15, -0.1) is 0 Å². The molecule has 0 saturated carbocycles. The van der Waals surface area contributed by atoms with Crippen LogP contribution in [-0.2, 0) is 6.54 Å². The van der Waals surface area contributed by atoms with Gasteiger partial charge in [-0.3, -0.25) is 0 Å². The van der Waals surface area contributed by atoms with Crippen LogP contribution in [0.5, 0.6) is 11.6 Å². The third-order valence-corrected chi connectivity index (χ3v) is 2.93. The Labute approximate surface area is 121 Å². The van der Waals surface area contributed by atoms with E-state index in [4.69, 9.17) is 4.74 Å². The summed E-state index contributed by atoms with van der Waals surface area (Å²) < 4.78 is 5.78. The smallest absolute Gasteiger partial charge is 0.219 e. The predicted molar refractivity (Wildman–Crippen MR) is 82.1 cm³/mol. The van der Waals surface area contributed by atoms with Gasteiger partial charge in [-0.05, 0) is 44.9 Å². The lowest BCUT2D eigenvalue weighted by Gasteiger charge is -2.20. The quantitative estimate of drug-likeness (QED) is 0.909. The number of ether oxygens (including phenoxy) is 1. The Morgan fingerprint density at radius 3 is 2.45 bits per heavy atom. The van der Waals surface area contributed by atoms with Crippen LogP contribution in [0.2, 0.25) is 0 Å². The van der Waals surface area contributed by atoms with Gasteiger partial charge < -0.3 is 10.1 Å². The molecule has 1 N–H and O–H groups in total. The predicted octanol–water partition coefficient (Wildman–Crippen LogP) is 4.07. The van der Waals surface area contributed by atoms with E-state index in [9.17, 15) is 0 Å². The zero-order chi connectivity index (χ0) is 14.6. The molecule has 0 aliphatic carbocycles. The molecule has 0 spiro atoms. The summed E-state index contributed by atoms with van der Waals surface area (Å²) >= 11 is 0. The van der Waals surface area contributed by atoms with Crippen LogP contribution < -0.4 is 10.1 Å². The van der Waals surface area contributed by atoms with E-state index in [1.165, 1.54) is 0 Å². The number of aryl methyl sites for hydroxylation is 1. The molecule has 0 radical (unpaired) electrons. The Morgan fingerprint density at radius 2 is 1.85 bits per heavy atom. The van der Waals surface area contributed by atoms with Crippen molar-refractivity contribution in [3.05, 3.63) is 53.7 Å². The maximum Gasteiger partial charge on any atom is 0.219 e. The van der Waals surface area contributed by atoms with Gasteiger partial charge in [0.1, 0.15) is 5.75 Å². The molecule has 3 nitrogen and oxygen atoms in total. The van der Waals surface area contributed by atoms with Crippen molar-refractivity contribution in [2.75, 3.05) is 0 Å². The molecule has 1 aromatic carbocycles. The van der Waals surface area contributed by atoms with Gasteiger partial charge in [0.2, 0.25) is 5.88 Å². The molecular weight excluding hydrogens is 248 g/mol. The first-order chi connectivity index (χ1) is 9.44. The van der Waals surface area contributed by atoms with E-state index in [1.54, 1.807) is 0 Å². The average molecular weight is 270 g/mol. The number of rotatable bonds is 4. The largest absolute Gasteiger partial charge is 0.439 e. The molecule has 1 heterocycles. The van der Waals surface area contributed by atoms with Crippen LogP contribution in [-0.4, -0.2) is 10.5 Å². The van der Waals surface area contributed by atoms with Crippen molar-refractivity contribution in [2.24, 2.45) is 0 Å². The highest BCUT2D eigenvalue weighted by Gasteiger charge is 2.08. The second kappa shape index (κ2) is 6.06. The Morgan fingerprint density at radius 1 is 1.10 bits per heavy atom. The van der Waals surface area contributed by atoms with Crippen LogP contribution in [0.15, 0.2) is 42.6 Å². The molecule has 106 valence electrons. The van der Waals surface area contributed by atoms with E-state index in [0.717, 1.165) is 23.4 Å². The minimum atomic E-state index is 0.107. The van der Waals surface area contributed by atoms with E-state index in [0.29, 0.717) is 5.88 Å². The average Bonchev–Trinajstić information content (AvgIpc) is 2.40. The third-order valence-electron chi connectivity index (χ3n) is 2.93. The van der Waals surface area contributed by atoms with Gasteiger partial charge in [-0.1, -0.05) is 24.3 Å². The lowest BCUT2D eigenvalue weighted by atomic mass is 10.1. The van der Waals surface area contributed by atoms with Crippen molar-refractivity contribution in [3.8, 4) is 11.6 Å². The highest BCUT2D eigenvalue weighted by Crippen LogP contribution is 2.22. The van der Waals surface area contributed by atoms with Gasteiger partial charge in [0, 0.05) is 24.3 Å². The first-order valence-corrected chi connectivity index (χ1v) is 6.87.